The SMILES string of the molecule is O=C(O)C1C(Nc2nc(-c3c[nH]c4ncc(Cl)cc34)ncc2F)[C@H]2CC[C@@H]1C2. The van der Waals surface area contributed by atoms with Gasteiger partial charge >= 0.3 is 5.97 Å². The average molecular weight is 402 g/mol. The minimum absolute atomic E-state index is 0.0261. The number of H-pyrrole nitrogens is 1. The molecule has 0 amide bonds. The summed E-state index contributed by atoms with van der Waals surface area (Å²) in [5.41, 5.74) is 1.27. The van der Waals surface area contributed by atoms with Gasteiger partial charge in [0, 0.05) is 29.4 Å². The molecule has 2 bridgehead atoms. The minimum Gasteiger partial charge on any atom is -0.481 e. The van der Waals surface area contributed by atoms with E-state index >= 15 is 0 Å². The van der Waals surface area contributed by atoms with Gasteiger partial charge in [-0.3, -0.25) is 4.79 Å². The van der Waals surface area contributed by atoms with Gasteiger partial charge in [0.2, 0.25) is 0 Å². The molecule has 2 saturated carbocycles. The molecule has 0 aromatic carbocycles. The summed E-state index contributed by atoms with van der Waals surface area (Å²) in [4.78, 5) is 27.4. The Kier molecular flexibility index (Phi) is 3.97. The molecule has 3 aromatic heterocycles. The lowest BCUT2D eigenvalue weighted by Crippen LogP contribution is -2.39. The molecule has 0 aliphatic heterocycles. The third-order valence-corrected chi connectivity index (χ3v) is 6.19. The van der Waals surface area contributed by atoms with Gasteiger partial charge in [0.05, 0.1) is 17.1 Å². The second-order valence-corrected chi connectivity index (χ2v) is 7.95. The molecule has 2 unspecified atom stereocenters. The maximum atomic E-state index is 14.4. The van der Waals surface area contributed by atoms with Gasteiger partial charge in [0.1, 0.15) is 5.65 Å². The van der Waals surface area contributed by atoms with E-state index in [9.17, 15) is 14.3 Å². The number of aromatic amines is 1. The number of nitrogens with zero attached hydrogens (tertiary/aromatic N) is 3. The molecule has 3 aromatic rings. The number of rotatable bonds is 4. The maximum absolute atomic E-state index is 14.4. The molecule has 3 heterocycles. The standard InChI is InChI=1S/C19H17ClFN5O2/c20-10-4-11-12(6-23-16(11)22-5-10)17-24-7-13(21)18(26-17)25-15-9-2-1-8(3-9)14(15)19(27)28/h4-9,14-15H,1-3H2,(H,22,23)(H,27,28)(H,24,25,26)/t8-,9+,14?,15?/m1/s1. The molecule has 144 valence electrons. The summed E-state index contributed by atoms with van der Waals surface area (Å²) in [6.45, 7) is 0. The molecular weight excluding hydrogens is 385 g/mol. The molecule has 7 nitrogen and oxygen atoms in total. The Hall–Kier alpha value is -2.74. The van der Waals surface area contributed by atoms with Gasteiger partial charge in [0.15, 0.2) is 17.5 Å². The van der Waals surface area contributed by atoms with Gasteiger partial charge in [-0.2, -0.15) is 0 Å². The molecule has 2 fully saturated rings. The van der Waals surface area contributed by atoms with Crippen molar-refractivity contribution in [1.82, 2.24) is 19.9 Å². The van der Waals surface area contributed by atoms with Crippen LogP contribution < -0.4 is 5.32 Å². The van der Waals surface area contributed by atoms with Gasteiger partial charge < -0.3 is 15.4 Å². The Balaban J connectivity index is 1.51. The van der Waals surface area contributed by atoms with Crippen LogP contribution in [0.5, 0.6) is 0 Å². The Morgan fingerprint density at radius 3 is 2.93 bits per heavy atom. The lowest BCUT2D eigenvalue weighted by Gasteiger charge is -2.29. The van der Waals surface area contributed by atoms with Crippen molar-refractivity contribution in [3.63, 3.8) is 0 Å². The van der Waals surface area contributed by atoms with Crippen molar-refractivity contribution in [1.29, 1.82) is 0 Å². The highest BCUT2D eigenvalue weighted by Crippen LogP contribution is 2.49. The first-order valence-electron chi connectivity index (χ1n) is 9.16. The summed E-state index contributed by atoms with van der Waals surface area (Å²) in [5, 5.41) is 13.9. The number of carboxylic acids is 1. The van der Waals surface area contributed by atoms with E-state index in [1.165, 1.54) is 6.20 Å². The average Bonchev–Trinajstić information content (AvgIpc) is 3.37. The fraction of sp³-hybridized carbons (Fsp3) is 0.368. The van der Waals surface area contributed by atoms with Crippen LogP contribution in [0.4, 0.5) is 10.2 Å². The quantitative estimate of drug-likeness (QED) is 0.615. The monoisotopic (exact) mass is 401 g/mol. The summed E-state index contributed by atoms with van der Waals surface area (Å²) in [6.07, 6.45) is 7.07. The lowest BCUT2D eigenvalue weighted by atomic mass is 9.84. The molecule has 9 heteroatoms. The van der Waals surface area contributed by atoms with Crippen LogP contribution in [0.25, 0.3) is 22.4 Å². The summed E-state index contributed by atoms with van der Waals surface area (Å²) in [7, 11) is 0. The van der Waals surface area contributed by atoms with Crippen molar-refractivity contribution in [2.45, 2.75) is 25.3 Å². The van der Waals surface area contributed by atoms with Crippen molar-refractivity contribution < 1.29 is 14.3 Å². The number of hydrogen-bond acceptors (Lipinski definition) is 5. The predicted molar refractivity (Wildman–Crippen MR) is 101 cm³/mol. The van der Waals surface area contributed by atoms with Gasteiger partial charge in [-0.25, -0.2) is 19.3 Å². The van der Waals surface area contributed by atoms with Crippen molar-refractivity contribution in [3.8, 4) is 11.4 Å². The molecule has 28 heavy (non-hydrogen) atoms. The van der Waals surface area contributed by atoms with Crippen molar-refractivity contribution in [2.24, 2.45) is 17.8 Å². The van der Waals surface area contributed by atoms with Crippen LogP contribution in [0.1, 0.15) is 19.3 Å². The Morgan fingerprint density at radius 2 is 2.11 bits per heavy atom. The number of anilines is 1. The van der Waals surface area contributed by atoms with E-state index in [4.69, 9.17) is 11.6 Å². The molecule has 5 rings (SSSR count). The summed E-state index contributed by atoms with van der Waals surface area (Å²) >= 11 is 6.04. The number of carboxylic acid groups (broad SMARTS) is 1. The van der Waals surface area contributed by atoms with Crippen LogP contribution in [-0.4, -0.2) is 37.1 Å². The Labute approximate surface area is 164 Å². The molecule has 0 radical (unpaired) electrons. The highest BCUT2D eigenvalue weighted by atomic mass is 35.5. The topological polar surface area (TPSA) is 104 Å². The lowest BCUT2D eigenvalue weighted by molar-refractivity contribution is -0.143. The third kappa shape index (κ3) is 2.71. The Morgan fingerprint density at radius 1 is 1.29 bits per heavy atom. The van der Waals surface area contributed by atoms with Crippen molar-refractivity contribution in [3.05, 3.63) is 35.5 Å². The number of fused-ring (bicyclic) bond motifs is 3. The zero-order valence-electron chi connectivity index (χ0n) is 14.7. The molecular formula is C19H17ClFN5O2. The second kappa shape index (κ2) is 6.41. The van der Waals surface area contributed by atoms with E-state index in [0.717, 1.165) is 30.8 Å². The van der Waals surface area contributed by atoms with Gasteiger partial charge in [0.25, 0.3) is 0 Å². The molecule has 0 saturated heterocycles. The zero-order chi connectivity index (χ0) is 19.4. The Bertz CT molecular complexity index is 1090. The summed E-state index contributed by atoms with van der Waals surface area (Å²) in [6, 6.07) is 1.42. The largest absolute Gasteiger partial charge is 0.481 e. The van der Waals surface area contributed by atoms with Crippen LogP contribution in [0.15, 0.2) is 24.7 Å². The number of pyridine rings is 1. The third-order valence-electron chi connectivity index (χ3n) is 5.99. The van der Waals surface area contributed by atoms with Crippen LogP contribution >= 0.6 is 11.6 Å². The fourth-order valence-corrected chi connectivity index (χ4v) is 4.93. The smallest absolute Gasteiger partial charge is 0.308 e. The van der Waals surface area contributed by atoms with E-state index in [1.807, 2.05) is 0 Å². The summed E-state index contributed by atoms with van der Waals surface area (Å²) < 4.78 is 14.4. The van der Waals surface area contributed by atoms with E-state index in [-0.39, 0.29) is 23.7 Å². The molecule has 2 aliphatic carbocycles. The first-order valence-corrected chi connectivity index (χ1v) is 9.54. The molecule has 2 aliphatic rings. The van der Waals surface area contributed by atoms with Crippen LogP contribution in [0.3, 0.4) is 0 Å². The number of nitrogens with one attached hydrogen (secondary N) is 2. The highest BCUT2D eigenvalue weighted by molar-refractivity contribution is 6.31. The number of carbonyl (C=O) groups is 1. The fourth-order valence-electron chi connectivity index (χ4n) is 4.77. The van der Waals surface area contributed by atoms with Crippen molar-refractivity contribution in [2.75, 3.05) is 5.32 Å². The normalized spacial score (nSPS) is 26.1. The van der Waals surface area contributed by atoms with E-state index in [1.54, 1.807) is 12.3 Å². The second-order valence-electron chi connectivity index (χ2n) is 7.51. The first kappa shape index (κ1) is 17.4. The van der Waals surface area contributed by atoms with E-state index < -0.39 is 17.7 Å². The van der Waals surface area contributed by atoms with Crippen LogP contribution in [0, 0.1) is 23.6 Å². The number of hydrogen-bond donors (Lipinski definition) is 3. The molecule has 3 N–H and O–H groups in total. The van der Waals surface area contributed by atoms with E-state index in [0.29, 0.717) is 22.1 Å². The van der Waals surface area contributed by atoms with Crippen molar-refractivity contribution >= 4 is 34.4 Å². The first-order chi connectivity index (χ1) is 13.5. The van der Waals surface area contributed by atoms with E-state index in [2.05, 4.69) is 25.3 Å². The predicted octanol–water partition coefficient (Wildman–Crippen LogP) is 3.72. The zero-order valence-corrected chi connectivity index (χ0v) is 15.4. The molecule has 0 spiro atoms. The van der Waals surface area contributed by atoms with Crippen LogP contribution in [0.2, 0.25) is 5.02 Å². The minimum atomic E-state index is -0.836. The number of aromatic nitrogens is 4. The van der Waals surface area contributed by atoms with Crippen LogP contribution in [-0.2, 0) is 4.79 Å². The number of aliphatic carboxylic acids is 1. The number of halogens is 2. The summed E-state index contributed by atoms with van der Waals surface area (Å²) in [5.74, 6) is -1.25. The maximum Gasteiger partial charge on any atom is 0.308 e. The van der Waals surface area contributed by atoms with Gasteiger partial charge in [-0.1, -0.05) is 11.6 Å². The van der Waals surface area contributed by atoms with Gasteiger partial charge in [-0.05, 0) is 37.2 Å². The highest BCUT2D eigenvalue weighted by Gasteiger charge is 2.51. The van der Waals surface area contributed by atoms with Gasteiger partial charge in [-0.15, -0.1) is 0 Å². The molecule has 4 atom stereocenters.